The first kappa shape index (κ1) is 19.7. The lowest BCUT2D eigenvalue weighted by atomic mass is 10.0. The molecule has 9 nitrogen and oxygen atoms in total. The van der Waals surface area contributed by atoms with E-state index in [1.165, 1.54) is 0 Å². The number of fused-ring (bicyclic) bond motifs is 1. The minimum absolute atomic E-state index is 0.0113. The molecule has 1 saturated heterocycles. The van der Waals surface area contributed by atoms with Crippen LogP contribution in [0, 0.1) is 0 Å². The highest BCUT2D eigenvalue weighted by Gasteiger charge is 2.28. The van der Waals surface area contributed by atoms with Crippen LogP contribution < -0.4 is 5.32 Å². The van der Waals surface area contributed by atoms with Crippen LogP contribution in [0.4, 0.5) is 4.79 Å². The molecule has 0 aliphatic carbocycles. The molecule has 1 fully saturated rings. The van der Waals surface area contributed by atoms with Gasteiger partial charge in [0, 0.05) is 74.6 Å². The van der Waals surface area contributed by atoms with Crippen LogP contribution in [0.2, 0.25) is 0 Å². The summed E-state index contributed by atoms with van der Waals surface area (Å²) in [4.78, 5) is 25.9. The quantitative estimate of drug-likeness (QED) is 0.673. The number of amides is 2. The number of piperidine rings is 1. The van der Waals surface area contributed by atoms with Crippen LogP contribution >= 0.6 is 0 Å². The number of hydrogen-bond acceptors (Lipinski definition) is 5. The lowest BCUT2D eigenvalue weighted by molar-refractivity contribution is 0.159. The van der Waals surface area contributed by atoms with E-state index in [1.807, 2.05) is 35.0 Å². The van der Waals surface area contributed by atoms with Crippen molar-refractivity contribution >= 4 is 6.03 Å². The molecule has 5 rings (SSSR count). The zero-order valence-corrected chi connectivity index (χ0v) is 17.8. The molecule has 2 aliphatic rings. The second-order valence-corrected chi connectivity index (χ2v) is 8.49. The van der Waals surface area contributed by atoms with Gasteiger partial charge in [0.25, 0.3) is 0 Å². The van der Waals surface area contributed by atoms with Gasteiger partial charge in [-0.25, -0.2) is 9.78 Å². The zero-order chi connectivity index (χ0) is 21.2. The van der Waals surface area contributed by atoms with E-state index in [2.05, 4.69) is 36.6 Å². The van der Waals surface area contributed by atoms with Gasteiger partial charge in [-0.15, -0.1) is 0 Å². The van der Waals surface area contributed by atoms with Crippen molar-refractivity contribution in [1.82, 2.24) is 39.8 Å². The number of imidazole rings is 1. The van der Waals surface area contributed by atoms with E-state index in [4.69, 9.17) is 0 Å². The molecule has 2 N–H and O–H groups in total. The monoisotopic (exact) mass is 420 g/mol. The van der Waals surface area contributed by atoms with Gasteiger partial charge >= 0.3 is 6.03 Å². The maximum Gasteiger partial charge on any atom is 0.317 e. The third-order valence-electron chi connectivity index (χ3n) is 6.15. The molecule has 3 aromatic rings. The summed E-state index contributed by atoms with van der Waals surface area (Å²) in [5.74, 6) is 0. The molecule has 9 heteroatoms. The minimum Gasteiger partial charge on any atom is -0.340 e. The number of rotatable bonds is 4. The van der Waals surface area contributed by atoms with Crippen LogP contribution in [0.5, 0.6) is 0 Å². The van der Waals surface area contributed by atoms with E-state index in [0.29, 0.717) is 13.1 Å². The van der Waals surface area contributed by atoms with E-state index in [0.717, 1.165) is 67.1 Å². The fourth-order valence-electron chi connectivity index (χ4n) is 4.58. The highest BCUT2D eigenvalue weighted by molar-refractivity contribution is 5.75. The van der Waals surface area contributed by atoms with E-state index in [1.54, 1.807) is 12.4 Å². The van der Waals surface area contributed by atoms with Crippen molar-refractivity contribution in [3.8, 4) is 11.3 Å². The van der Waals surface area contributed by atoms with Gasteiger partial charge in [0.05, 0.1) is 24.3 Å². The normalized spacial score (nSPS) is 19.3. The van der Waals surface area contributed by atoms with Crippen LogP contribution in [0.25, 0.3) is 11.3 Å². The smallest absolute Gasteiger partial charge is 0.317 e. The molecule has 0 radical (unpaired) electrons. The molecule has 0 spiro atoms. The van der Waals surface area contributed by atoms with Crippen molar-refractivity contribution in [2.24, 2.45) is 7.05 Å². The Morgan fingerprint density at radius 3 is 2.97 bits per heavy atom. The fourth-order valence-corrected chi connectivity index (χ4v) is 4.58. The summed E-state index contributed by atoms with van der Waals surface area (Å²) in [7, 11) is 1.99. The van der Waals surface area contributed by atoms with Crippen LogP contribution in [0.1, 0.15) is 29.8 Å². The molecule has 2 aliphatic heterocycles. The van der Waals surface area contributed by atoms with Gasteiger partial charge in [0.1, 0.15) is 0 Å². The van der Waals surface area contributed by atoms with Crippen molar-refractivity contribution in [2.75, 3.05) is 19.6 Å². The Balaban J connectivity index is 1.21. The number of likely N-dealkylation sites (tertiary alicyclic amines) is 1. The summed E-state index contributed by atoms with van der Waals surface area (Å²) in [5.41, 5.74) is 5.23. The minimum atomic E-state index is 0.0113. The molecule has 3 aromatic heterocycles. The average Bonchev–Trinajstić information content (AvgIpc) is 3.40. The predicted molar refractivity (Wildman–Crippen MR) is 116 cm³/mol. The summed E-state index contributed by atoms with van der Waals surface area (Å²) in [5, 5.41) is 10.9. The van der Waals surface area contributed by atoms with Gasteiger partial charge < -0.3 is 14.8 Å². The third kappa shape index (κ3) is 4.32. The summed E-state index contributed by atoms with van der Waals surface area (Å²) in [6, 6.07) is 4.08. The fraction of sp³-hybridized carbons (Fsp3) is 0.455. The average molecular weight is 421 g/mol. The van der Waals surface area contributed by atoms with Crippen LogP contribution in [0.15, 0.2) is 37.1 Å². The first-order valence-corrected chi connectivity index (χ1v) is 10.9. The van der Waals surface area contributed by atoms with Gasteiger partial charge in [-0.05, 0) is 31.5 Å². The first-order valence-electron chi connectivity index (χ1n) is 10.9. The number of carbonyl (C=O) groups is 1. The molecule has 0 unspecified atom stereocenters. The second-order valence-electron chi connectivity index (χ2n) is 8.49. The summed E-state index contributed by atoms with van der Waals surface area (Å²) in [6.45, 7) is 3.99. The Bertz CT molecular complexity index is 1040. The highest BCUT2D eigenvalue weighted by atomic mass is 16.2. The lowest BCUT2D eigenvalue weighted by Crippen LogP contribution is -2.52. The molecule has 1 atom stereocenters. The maximum absolute atomic E-state index is 13.1. The van der Waals surface area contributed by atoms with E-state index in [9.17, 15) is 4.79 Å². The third-order valence-corrected chi connectivity index (χ3v) is 6.15. The Morgan fingerprint density at radius 2 is 2.16 bits per heavy atom. The molecule has 2 amide bonds. The number of pyridine rings is 1. The number of urea groups is 1. The number of hydrogen-bond donors (Lipinski definition) is 2. The Morgan fingerprint density at radius 1 is 1.29 bits per heavy atom. The summed E-state index contributed by atoms with van der Waals surface area (Å²) in [6.07, 6.45) is 10.3. The SMILES string of the molecule is Cn1cnc(CN2CCC[C@@H](NC(=O)N3CCc4[nH]nc(-c5ccncc5)c4C3)C2)c1. The number of H-pyrrole nitrogens is 1. The molecule has 5 heterocycles. The van der Waals surface area contributed by atoms with Crippen LogP contribution in [0.3, 0.4) is 0 Å². The van der Waals surface area contributed by atoms with Crippen molar-refractivity contribution in [1.29, 1.82) is 0 Å². The van der Waals surface area contributed by atoms with Gasteiger partial charge in [0.15, 0.2) is 0 Å². The molecule has 31 heavy (non-hydrogen) atoms. The zero-order valence-electron chi connectivity index (χ0n) is 17.8. The Labute approximate surface area is 181 Å². The molecule has 0 saturated carbocycles. The Kier molecular flexibility index (Phi) is 5.42. The molecule has 0 aromatic carbocycles. The van der Waals surface area contributed by atoms with Crippen molar-refractivity contribution in [3.63, 3.8) is 0 Å². The van der Waals surface area contributed by atoms with Gasteiger partial charge in [-0.2, -0.15) is 5.10 Å². The van der Waals surface area contributed by atoms with E-state index >= 15 is 0 Å². The highest BCUT2D eigenvalue weighted by Crippen LogP contribution is 2.28. The Hall–Kier alpha value is -3.20. The molecular formula is C22H28N8O. The first-order chi connectivity index (χ1) is 15.2. The van der Waals surface area contributed by atoms with Gasteiger partial charge in [0.2, 0.25) is 0 Å². The number of nitrogens with zero attached hydrogens (tertiary/aromatic N) is 6. The number of aryl methyl sites for hydroxylation is 1. The van der Waals surface area contributed by atoms with Gasteiger partial charge in [-0.3, -0.25) is 15.0 Å². The number of aromatic nitrogens is 5. The number of carbonyl (C=O) groups excluding carboxylic acids is 1. The summed E-state index contributed by atoms with van der Waals surface area (Å²) < 4.78 is 1.97. The standard InChI is InChI=1S/C22H28N8O/c1-28-11-18(24-15-28)13-29-9-2-3-17(12-29)25-22(31)30-10-6-20-19(14-30)21(27-26-20)16-4-7-23-8-5-16/h4-5,7-8,11,15,17H,2-3,6,9-10,12-14H2,1H3,(H,25,31)(H,26,27)/t17-/m1/s1. The van der Waals surface area contributed by atoms with Gasteiger partial charge in [-0.1, -0.05) is 0 Å². The second kappa shape index (κ2) is 8.50. The van der Waals surface area contributed by atoms with Crippen molar-refractivity contribution in [3.05, 3.63) is 54.0 Å². The molecule has 162 valence electrons. The largest absolute Gasteiger partial charge is 0.340 e. The van der Waals surface area contributed by atoms with Crippen molar-refractivity contribution < 1.29 is 4.79 Å². The molecular weight excluding hydrogens is 392 g/mol. The molecule has 0 bridgehead atoms. The number of nitrogens with one attached hydrogen (secondary N) is 2. The number of aromatic amines is 1. The van der Waals surface area contributed by atoms with Crippen LogP contribution in [-0.2, 0) is 26.6 Å². The van der Waals surface area contributed by atoms with Crippen molar-refractivity contribution in [2.45, 2.75) is 38.4 Å². The topological polar surface area (TPSA) is 95.0 Å². The lowest BCUT2D eigenvalue weighted by Gasteiger charge is -2.35. The van der Waals surface area contributed by atoms with E-state index < -0.39 is 0 Å². The predicted octanol–water partition coefficient (Wildman–Crippen LogP) is 1.94. The van der Waals surface area contributed by atoms with E-state index in [-0.39, 0.29) is 12.1 Å². The summed E-state index contributed by atoms with van der Waals surface area (Å²) >= 11 is 0. The maximum atomic E-state index is 13.1. The van der Waals surface area contributed by atoms with Crippen LogP contribution in [-0.4, -0.2) is 66.2 Å².